The summed E-state index contributed by atoms with van der Waals surface area (Å²) in [4.78, 5) is 10.7. The molecule has 1 saturated heterocycles. The van der Waals surface area contributed by atoms with Gasteiger partial charge in [-0.1, -0.05) is 0 Å². The topological polar surface area (TPSA) is 63.7 Å². The Morgan fingerprint density at radius 2 is 2.14 bits per heavy atom. The largest absolute Gasteiger partial charge is 0.461 e. The third kappa shape index (κ3) is 3.26. The van der Waals surface area contributed by atoms with Crippen LogP contribution in [0.2, 0.25) is 0 Å². The van der Waals surface area contributed by atoms with E-state index in [2.05, 4.69) is 0 Å². The Bertz CT molecular complexity index is 311. The lowest BCUT2D eigenvalue weighted by Gasteiger charge is -2.30. The molecule has 0 aromatic carbocycles. The first-order valence-corrected chi connectivity index (χ1v) is 6.37. The fourth-order valence-electron chi connectivity index (χ4n) is 1.54. The lowest BCUT2D eigenvalue weighted by atomic mass is 10.1. The normalized spacial score (nSPS) is 24.6. The standard InChI is InChI=1S/C8H15NO4S/c1-7(10)13-8-4-3-5-9(6-8)14(2,11)12/h8H,3-6H2,1-2H3. The Morgan fingerprint density at radius 1 is 1.50 bits per heavy atom. The van der Waals surface area contributed by atoms with Crippen molar-refractivity contribution in [2.45, 2.75) is 25.9 Å². The molecule has 0 amide bonds. The van der Waals surface area contributed by atoms with E-state index in [4.69, 9.17) is 4.74 Å². The van der Waals surface area contributed by atoms with E-state index in [0.717, 1.165) is 12.8 Å². The molecule has 0 spiro atoms. The molecule has 1 fully saturated rings. The lowest BCUT2D eigenvalue weighted by Crippen LogP contribution is -2.43. The summed E-state index contributed by atoms with van der Waals surface area (Å²) in [7, 11) is -3.15. The van der Waals surface area contributed by atoms with E-state index in [0.29, 0.717) is 13.1 Å². The highest BCUT2D eigenvalue weighted by Gasteiger charge is 2.27. The van der Waals surface area contributed by atoms with E-state index in [1.807, 2.05) is 0 Å². The van der Waals surface area contributed by atoms with Crippen LogP contribution < -0.4 is 0 Å². The number of piperidine rings is 1. The molecule has 0 aliphatic carbocycles. The van der Waals surface area contributed by atoms with Gasteiger partial charge in [-0.05, 0) is 12.8 Å². The monoisotopic (exact) mass is 221 g/mol. The summed E-state index contributed by atoms with van der Waals surface area (Å²) < 4.78 is 28.7. The molecule has 0 aromatic heterocycles. The Labute approximate surface area is 84.1 Å². The summed E-state index contributed by atoms with van der Waals surface area (Å²) >= 11 is 0. The molecular formula is C8H15NO4S. The first-order chi connectivity index (χ1) is 6.39. The molecule has 1 rings (SSSR count). The van der Waals surface area contributed by atoms with Crippen molar-refractivity contribution >= 4 is 16.0 Å². The zero-order valence-corrected chi connectivity index (χ0v) is 9.21. The van der Waals surface area contributed by atoms with Crippen molar-refractivity contribution in [3.05, 3.63) is 0 Å². The second-order valence-corrected chi connectivity index (χ2v) is 5.48. The molecule has 1 atom stereocenters. The van der Waals surface area contributed by atoms with Gasteiger partial charge in [0, 0.05) is 13.5 Å². The van der Waals surface area contributed by atoms with Crippen molar-refractivity contribution in [2.75, 3.05) is 19.3 Å². The zero-order valence-electron chi connectivity index (χ0n) is 8.39. The average molecular weight is 221 g/mol. The third-order valence-corrected chi connectivity index (χ3v) is 3.41. The van der Waals surface area contributed by atoms with Gasteiger partial charge in [0.25, 0.3) is 0 Å². The van der Waals surface area contributed by atoms with Crippen LogP contribution in [-0.4, -0.2) is 44.1 Å². The number of ether oxygens (including phenoxy) is 1. The van der Waals surface area contributed by atoms with E-state index >= 15 is 0 Å². The van der Waals surface area contributed by atoms with Crippen molar-refractivity contribution in [2.24, 2.45) is 0 Å². The fraction of sp³-hybridized carbons (Fsp3) is 0.875. The number of carbonyl (C=O) groups excluding carboxylic acids is 1. The van der Waals surface area contributed by atoms with Crippen LogP contribution >= 0.6 is 0 Å². The predicted molar refractivity (Wildman–Crippen MR) is 51.2 cm³/mol. The number of carbonyl (C=O) groups is 1. The maximum atomic E-state index is 11.2. The highest BCUT2D eigenvalue weighted by atomic mass is 32.2. The molecule has 1 aliphatic heterocycles. The minimum absolute atomic E-state index is 0.282. The molecule has 0 radical (unpaired) electrons. The molecule has 1 heterocycles. The molecule has 5 nitrogen and oxygen atoms in total. The lowest BCUT2D eigenvalue weighted by molar-refractivity contribution is -0.147. The number of rotatable bonds is 2. The molecule has 0 N–H and O–H groups in total. The van der Waals surface area contributed by atoms with Crippen molar-refractivity contribution < 1.29 is 17.9 Å². The van der Waals surface area contributed by atoms with Gasteiger partial charge in [-0.2, -0.15) is 4.31 Å². The molecule has 0 aromatic rings. The Hall–Kier alpha value is -0.620. The number of sulfonamides is 1. The molecule has 0 bridgehead atoms. The van der Waals surface area contributed by atoms with Crippen LogP contribution in [0.1, 0.15) is 19.8 Å². The SMILES string of the molecule is CC(=O)OC1CCCN(S(C)(=O)=O)C1. The second kappa shape index (κ2) is 4.27. The second-order valence-electron chi connectivity index (χ2n) is 3.49. The first-order valence-electron chi connectivity index (χ1n) is 4.52. The molecular weight excluding hydrogens is 206 g/mol. The highest BCUT2D eigenvalue weighted by molar-refractivity contribution is 7.88. The van der Waals surface area contributed by atoms with Gasteiger partial charge in [0.15, 0.2) is 0 Å². The van der Waals surface area contributed by atoms with E-state index in [1.54, 1.807) is 0 Å². The Kier molecular flexibility index (Phi) is 3.49. The fourth-order valence-corrected chi connectivity index (χ4v) is 2.43. The summed E-state index contributed by atoms with van der Waals surface area (Å²) in [6.07, 6.45) is 2.37. The molecule has 14 heavy (non-hydrogen) atoms. The van der Waals surface area contributed by atoms with Crippen molar-refractivity contribution in [3.8, 4) is 0 Å². The van der Waals surface area contributed by atoms with Gasteiger partial charge in [-0.3, -0.25) is 4.79 Å². The molecule has 1 unspecified atom stereocenters. The van der Waals surface area contributed by atoms with Gasteiger partial charge < -0.3 is 4.74 Å². The molecule has 1 aliphatic rings. The minimum Gasteiger partial charge on any atom is -0.461 e. The van der Waals surface area contributed by atoms with Gasteiger partial charge in [-0.25, -0.2) is 8.42 Å². The Morgan fingerprint density at radius 3 is 2.64 bits per heavy atom. The Balaban J connectivity index is 2.56. The molecule has 6 heteroatoms. The summed E-state index contributed by atoms with van der Waals surface area (Å²) in [6.45, 7) is 2.15. The van der Waals surface area contributed by atoms with E-state index in [9.17, 15) is 13.2 Å². The van der Waals surface area contributed by atoms with Crippen LogP contribution in [0.4, 0.5) is 0 Å². The summed E-state index contributed by atoms with van der Waals surface area (Å²) in [5.74, 6) is -0.356. The van der Waals surface area contributed by atoms with Crippen molar-refractivity contribution in [3.63, 3.8) is 0 Å². The smallest absolute Gasteiger partial charge is 0.302 e. The van der Waals surface area contributed by atoms with Crippen LogP contribution in [0, 0.1) is 0 Å². The minimum atomic E-state index is -3.15. The van der Waals surface area contributed by atoms with E-state index in [1.165, 1.54) is 17.5 Å². The van der Waals surface area contributed by atoms with Crippen LogP contribution in [0.3, 0.4) is 0 Å². The van der Waals surface area contributed by atoms with Crippen LogP contribution in [-0.2, 0) is 19.6 Å². The summed E-state index contributed by atoms with van der Waals surface area (Å²) in [6, 6.07) is 0. The van der Waals surface area contributed by atoms with Crippen LogP contribution in [0.5, 0.6) is 0 Å². The summed E-state index contributed by atoms with van der Waals surface area (Å²) in [5, 5.41) is 0. The number of esters is 1. The number of nitrogens with zero attached hydrogens (tertiary/aromatic N) is 1. The van der Waals surface area contributed by atoms with Crippen LogP contribution in [0.15, 0.2) is 0 Å². The maximum absolute atomic E-state index is 11.2. The van der Waals surface area contributed by atoms with Gasteiger partial charge in [0.05, 0.1) is 12.8 Å². The van der Waals surface area contributed by atoms with E-state index in [-0.39, 0.29) is 12.1 Å². The molecule has 0 saturated carbocycles. The maximum Gasteiger partial charge on any atom is 0.302 e. The average Bonchev–Trinajstić information content (AvgIpc) is 2.01. The predicted octanol–water partition coefficient (Wildman–Crippen LogP) is -0.0265. The van der Waals surface area contributed by atoms with Crippen molar-refractivity contribution in [1.29, 1.82) is 0 Å². The number of hydrogen-bond donors (Lipinski definition) is 0. The quantitative estimate of drug-likeness (QED) is 0.614. The van der Waals surface area contributed by atoms with Crippen molar-refractivity contribution in [1.82, 2.24) is 4.31 Å². The van der Waals surface area contributed by atoms with Gasteiger partial charge >= 0.3 is 5.97 Å². The molecule has 82 valence electrons. The van der Waals surface area contributed by atoms with Gasteiger partial charge in [0.2, 0.25) is 10.0 Å². The highest BCUT2D eigenvalue weighted by Crippen LogP contribution is 2.15. The van der Waals surface area contributed by atoms with E-state index < -0.39 is 10.0 Å². The van der Waals surface area contributed by atoms with Gasteiger partial charge in [0.1, 0.15) is 6.10 Å². The van der Waals surface area contributed by atoms with Gasteiger partial charge in [-0.15, -0.1) is 0 Å². The number of hydrogen-bond acceptors (Lipinski definition) is 4. The summed E-state index contributed by atoms with van der Waals surface area (Å²) in [5.41, 5.74) is 0. The third-order valence-electron chi connectivity index (χ3n) is 2.14. The first kappa shape index (κ1) is 11.5. The van der Waals surface area contributed by atoms with Crippen LogP contribution in [0.25, 0.3) is 0 Å². The zero-order chi connectivity index (χ0) is 10.8.